The van der Waals surface area contributed by atoms with E-state index in [0.29, 0.717) is 5.02 Å². The van der Waals surface area contributed by atoms with Crippen LogP contribution >= 0.6 is 11.6 Å². The van der Waals surface area contributed by atoms with Crippen molar-refractivity contribution in [3.05, 3.63) is 33.7 Å². The van der Waals surface area contributed by atoms with Crippen LogP contribution in [0, 0.1) is 0 Å². The fourth-order valence-corrected chi connectivity index (χ4v) is 2.71. The molecule has 18 heavy (non-hydrogen) atoms. The van der Waals surface area contributed by atoms with Crippen molar-refractivity contribution in [3.8, 4) is 0 Å². The van der Waals surface area contributed by atoms with Crippen LogP contribution in [0.2, 0.25) is 5.02 Å². The molecule has 1 aromatic carbocycles. The lowest BCUT2D eigenvalue weighted by molar-refractivity contribution is 0.427. The Kier molecular flexibility index (Phi) is 4.12. The van der Waals surface area contributed by atoms with E-state index in [1.54, 1.807) is 0 Å². The van der Waals surface area contributed by atoms with Crippen LogP contribution in [-0.2, 0) is 0 Å². The second-order valence-electron chi connectivity index (χ2n) is 4.69. The van der Waals surface area contributed by atoms with E-state index in [9.17, 15) is 4.79 Å². The highest BCUT2D eigenvalue weighted by atomic mass is 35.5. The number of rotatable bonds is 5. The summed E-state index contributed by atoms with van der Waals surface area (Å²) in [4.78, 5) is 15.0. The predicted molar refractivity (Wildman–Crippen MR) is 76.4 cm³/mol. The zero-order valence-electron chi connectivity index (χ0n) is 10.9. The lowest BCUT2D eigenvalue weighted by Gasteiger charge is -2.17. The Morgan fingerprint density at radius 3 is 2.56 bits per heavy atom. The Balaban J connectivity index is 2.54. The van der Waals surface area contributed by atoms with E-state index in [4.69, 9.17) is 11.6 Å². The third-order valence-electron chi connectivity index (χ3n) is 3.29. The average Bonchev–Trinajstić information content (AvgIpc) is 2.64. The lowest BCUT2D eigenvalue weighted by Crippen LogP contribution is -2.22. The smallest absolute Gasteiger partial charge is 0.305 e. The lowest BCUT2D eigenvalue weighted by atomic mass is 10.1. The maximum absolute atomic E-state index is 12.1. The minimum atomic E-state index is -0.0285. The number of imidazole rings is 1. The van der Waals surface area contributed by atoms with Crippen molar-refractivity contribution in [2.45, 2.75) is 45.6 Å². The second kappa shape index (κ2) is 5.61. The normalized spacial score (nSPS) is 11.6. The van der Waals surface area contributed by atoms with Crippen LogP contribution in [0.1, 0.15) is 45.6 Å². The van der Waals surface area contributed by atoms with Crippen LogP contribution in [0.3, 0.4) is 0 Å². The molecule has 0 unspecified atom stereocenters. The topological polar surface area (TPSA) is 37.8 Å². The van der Waals surface area contributed by atoms with E-state index in [0.717, 1.165) is 36.7 Å². The third kappa shape index (κ3) is 2.46. The van der Waals surface area contributed by atoms with Crippen molar-refractivity contribution in [1.29, 1.82) is 0 Å². The molecule has 0 amide bonds. The first kappa shape index (κ1) is 13.2. The number of H-pyrrole nitrogens is 1. The van der Waals surface area contributed by atoms with E-state index >= 15 is 0 Å². The molecule has 4 heteroatoms. The molecule has 2 aromatic rings. The summed E-state index contributed by atoms with van der Waals surface area (Å²) in [6.45, 7) is 4.30. The first-order valence-electron chi connectivity index (χ1n) is 6.57. The fraction of sp³-hybridized carbons (Fsp3) is 0.500. The summed E-state index contributed by atoms with van der Waals surface area (Å²) < 4.78 is 1.89. The molecule has 98 valence electrons. The second-order valence-corrected chi connectivity index (χ2v) is 5.13. The van der Waals surface area contributed by atoms with Gasteiger partial charge in [-0.2, -0.15) is 0 Å². The van der Waals surface area contributed by atoms with Gasteiger partial charge < -0.3 is 4.98 Å². The van der Waals surface area contributed by atoms with Gasteiger partial charge in [0.25, 0.3) is 0 Å². The van der Waals surface area contributed by atoms with Crippen molar-refractivity contribution in [2.24, 2.45) is 0 Å². The average molecular weight is 267 g/mol. The number of hydrogen-bond acceptors (Lipinski definition) is 1. The third-order valence-corrected chi connectivity index (χ3v) is 3.52. The van der Waals surface area contributed by atoms with Crippen molar-refractivity contribution < 1.29 is 0 Å². The molecule has 0 aliphatic carbocycles. The minimum Gasteiger partial charge on any atom is -0.305 e. The zero-order valence-corrected chi connectivity index (χ0v) is 11.6. The summed E-state index contributed by atoms with van der Waals surface area (Å²) >= 11 is 5.95. The summed E-state index contributed by atoms with van der Waals surface area (Å²) in [6, 6.07) is 5.85. The van der Waals surface area contributed by atoms with Gasteiger partial charge in [-0.15, -0.1) is 0 Å². The Morgan fingerprint density at radius 2 is 1.94 bits per heavy atom. The van der Waals surface area contributed by atoms with E-state index < -0.39 is 0 Å². The first-order valence-corrected chi connectivity index (χ1v) is 6.95. The molecule has 2 rings (SSSR count). The molecule has 3 nitrogen and oxygen atoms in total. The number of hydrogen-bond donors (Lipinski definition) is 1. The van der Waals surface area contributed by atoms with Crippen LogP contribution < -0.4 is 5.69 Å². The largest absolute Gasteiger partial charge is 0.326 e. The molecule has 0 fully saturated rings. The molecule has 0 radical (unpaired) electrons. The number of benzene rings is 1. The highest BCUT2D eigenvalue weighted by molar-refractivity contribution is 6.31. The summed E-state index contributed by atoms with van der Waals surface area (Å²) in [5.74, 6) is 0. The van der Waals surface area contributed by atoms with Gasteiger partial charge in [-0.3, -0.25) is 4.57 Å². The van der Waals surface area contributed by atoms with Gasteiger partial charge in [0.15, 0.2) is 0 Å². The van der Waals surface area contributed by atoms with Gasteiger partial charge in [-0.1, -0.05) is 38.3 Å². The van der Waals surface area contributed by atoms with E-state index in [1.807, 2.05) is 22.8 Å². The zero-order chi connectivity index (χ0) is 13.1. The Morgan fingerprint density at radius 1 is 1.28 bits per heavy atom. The molecule has 0 saturated carbocycles. The van der Waals surface area contributed by atoms with Gasteiger partial charge in [0.05, 0.1) is 11.0 Å². The van der Waals surface area contributed by atoms with Gasteiger partial charge in [-0.25, -0.2) is 4.79 Å². The Bertz CT molecular complexity index is 579. The molecule has 0 spiro atoms. The van der Waals surface area contributed by atoms with Gasteiger partial charge in [-0.05, 0) is 31.0 Å². The SMILES string of the molecule is CCCC(CCC)n1c(=O)[nH]c2cc(Cl)ccc21. The number of aromatic amines is 1. The van der Waals surface area contributed by atoms with Crippen LogP contribution in [0.15, 0.2) is 23.0 Å². The number of nitrogens with zero attached hydrogens (tertiary/aromatic N) is 1. The van der Waals surface area contributed by atoms with E-state index in [-0.39, 0.29) is 11.7 Å². The quantitative estimate of drug-likeness (QED) is 0.868. The van der Waals surface area contributed by atoms with Crippen molar-refractivity contribution in [1.82, 2.24) is 9.55 Å². The standard InChI is InChI=1S/C14H19ClN2O/c1-3-5-11(6-4-2)17-13-8-7-10(15)9-12(13)16-14(17)18/h7-9,11H,3-6H2,1-2H3,(H,16,18). The highest BCUT2D eigenvalue weighted by Gasteiger charge is 2.15. The summed E-state index contributed by atoms with van der Waals surface area (Å²) in [6.07, 6.45) is 4.22. The number of fused-ring (bicyclic) bond motifs is 1. The molecule has 0 bridgehead atoms. The van der Waals surface area contributed by atoms with Gasteiger partial charge in [0, 0.05) is 11.1 Å². The summed E-state index contributed by atoms with van der Waals surface area (Å²) in [5.41, 5.74) is 1.75. The van der Waals surface area contributed by atoms with Gasteiger partial charge in [0.2, 0.25) is 0 Å². The highest BCUT2D eigenvalue weighted by Crippen LogP contribution is 2.24. The maximum Gasteiger partial charge on any atom is 0.326 e. The van der Waals surface area contributed by atoms with Gasteiger partial charge >= 0.3 is 5.69 Å². The number of halogens is 1. The summed E-state index contributed by atoms with van der Waals surface area (Å²) in [5, 5.41) is 0.651. The molecule has 1 aromatic heterocycles. The molecular weight excluding hydrogens is 248 g/mol. The van der Waals surface area contributed by atoms with Gasteiger partial charge in [0.1, 0.15) is 0 Å². The molecule has 0 atom stereocenters. The van der Waals surface area contributed by atoms with Crippen molar-refractivity contribution in [3.63, 3.8) is 0 Å². The predicted octanol–water partition coefficient (Wildman–Crippen LogP) is 4.12. The monoisotopic (exact) mass is 266 g/mol. The van der Waals surface area contributed by atoms with Crippen LogP contribution in [0.25, 0.3) is 11.0 Å². The van der Waals surface area contributed by atoms with E-state index in [2.05, 4.69) is 18.8 Å². The fourth-order valence-electron chi connectivity index (χ4n) is 2.53. The first-order chi connectivity index (χ1) is 8.67. The molecule has 0 aliphatic heterocycles. The van der Waals surface area contributed by atoms with Crippen LogP contribution in [0.5, 0.6) is 0 Å². The summed E-state index contributed by atoms with van der Waals surface area (Å²) in [7, 11) is 0. The molecule has 0 saturated heterocycles. The number of nitrogens with one attached hydrogen (secondary N) is 1. The molecule has 1 heterocycles. The maximum atomic E-state index is 12.1. The Hall–Kier alpha value is -1.22. The Labute approximate surface area is 112 Å². The minimum absolute atomic E-state index is 0.0285. The van der Waals surface area contributed by atoms with Crippen LogP contribution in [0.4, 0.5) is 0 Å². The van der Waals surface area contributed by atoms with Crippen LogP contribution in [-0.4, -0.2) is 9.55 Å². The van der Waals surface area contributed by atoms with E-state index in [1.165, 1.54) is 0 Å². The molecular formula is C14H19ClN2O. The van der Waals surface area contributed by atoms with Crippen molar-refractivity contribution >= 4 is 22.6 Å². The van der Waals surface area contributed by atoms with Crippen molar-refractivity contribution in [2.75, 3.05) is 0 Å². The number of aromatic nitrogens is 2. The molecule has 1 N–H and O–H groups in total. The molecule has 0 aliphatic rings.